The lowest BCUT2D eigenvalue weighted by Gasteiger charge is -2.15. The number of likely N-dealkylation sites (tertiary alicyclic amines) is 1. The van der Waals surface area contributed by atoms with Gasteiger partial charge in [-0.05, 0) is 31.0 Å². The second-order valence-corrected chi connectivity index (χ2v) is 6.47. The first-order chi connectivity index (χ1) is 11.9. The monoisotopic (exact) mass is 365 g/mol. The van der Waals surface area contributed by atoms with E-state index in [-0.39, 0.29) is 29.0 Å². The number of carboxylic acids is 1. The van der Waals surface area contributed by atoms with Gasteiger partial charge in [0.05, 0.1) is 23.7 Å². The van der Waals surface area contributed by atoms with Gasteiger partial charge in [0, 0.05) is 13.1 Å². The van der Waals surface area contributed by atoms with Gasteiger partial charge in [-0.2, -0.15) is 5.10 Å². The maximum absolute atomic E-state index is 13.0. The van der Waals surface area contributed by atoms with Crippen molar-refractivity contribution < 1.29 is 19.1 Å². The van der Waals surface area contributed by atoms with Crippen molar-refractivity contribution in [3.05, 3.63) is 52.1 Å². The fraction of sp³-hybridized carbons (Fsp3) is 0.353. The second kappa shape index (κ2) is 6.84. The largest absolute Gasteiger partial charge is 0.481 e. The van der Waals surface area contributed by atoms with E-state index in [9.17, 15) is 14.0 Å². The summed E-state index contributed by atoms with van der Waals surface area (Å²) in [6.07, 6.45) is 0.432. The predicted molar refractivity (Wildman–Crippen MR) is 89.1 cm³/mol. The van der Waals surface area contributed by atoms with E-state index in [0.717, 1.165) is 5.56 Å². The molecule has 1 fully saturated rings. The molecule has 1 saturated heterocycles. The van der Waals surface area contributed by atoms with E-state index in [4.69, 9.17) is 16.7 Å². The molecule has 3 rings (SSSR count). The van der Waals surface area contributed by atoms with Gasteiger partial charge in [-0.1, -0.05) is 23.7 Å². The molecule has 0 unspecified atom stereocenters. The van der Waals surface area contributed by atoms with Crippen molar-refractivity contribution in [2.24, 2.45) is 5.92 Å². The summed E-state index contributed by atoms with van der Waals surface area (Å²) in [5, 5.41) is 13.6. The number of nitrogens with zero attached hydrogens (tertiary/aromatic N) is 3. The smallest absolute Gasteiger partial charge is 0.308 e. The molecular formula is C17H17ClFN3O3. The van der Waals surface area contributed by atoms with Gasteiger partial charge < -0.3 is 10.0 Å². The Hall–Kier alpha value is -2.41. The number of halogens is 2. The molecule has 2 aromatic rings. The Kier molecular flexibility index (Phi) is 4.76. The van der Waals surface area contributed by atoms with Gasteiger partial charge in [-0.3, -0.25) is 9.59 Å². The first-order valence-electron chi connectivity index (χ1n) is 7.86. The first-order valence-corrected chi connectivity index (χ1v) is 8.24. The predicted octanol–water partition coefficient (Wildman–Crippen LogP) is 2.58. The van der Waals surface area contributed by atoms with Gasteiger partial charge in [0.1, 0.15) is 11.0 Å². The van der Waals surface area contributed by atoms with Crippen LogP contribution in [0.3, 0.4) is 0 Å². The molecule has 1 aromatic heterocycles. The van der Waals surface area contributed by atoms with E-state index in [1.165, 1.54) is 21.7 Å². The lowest BCUT2D eigenvalue weighted by atomic mass is 10.1. The summed E-state index contributed by atoms with van der Waals surface area (Å²) in [4.78, 5) is 25.3. The van der Waals surface area contributed by atoms with Crippen molar-refractivity contribution in [1.29, 1.82) is 0 Å². The lowest BCUT2D eigenvalue weighted by molar-refractivity contribution is -0.141. The third kappa shape index (κ3) is 3.51. The van der Waals surface area contributed by atoms with Crippen LogP contribution < -0.4 is 0 Å². The molecule has 8 heteroatoms. The van der Waals surface area contributed by atoms with Gasteiger partial charge in [0.15, 0.2) is 0 Å². The normalized spacial score (nSPS) is 17.1. The minimum atomic E-state index is -0.898. The van der Waals surface area contributed by atoms with Crippen molar-refractivity contribution in [3.63, 3.8) is 0 Å². The van der Waals surface area contributed by atoms with Crippen LogP contribution in [0, 0.1) is 18.7 Å². The van der Waals surface area contributed by atoms with E-state index in [0.29, 0.717) is 25.2 Å². The number of hydrogen-bond acceptors (Lipinski definition) is 3. The number of hydrogen-bond donors (Lipinski definition) is 1. The zero-order chi connectivity index (χ0) is 18.1. The molecule has 132 valence electrons. The summed E-state index contributed by atoms with van der Waals surface area (Å²) >= 11 is 6.35. The Morgan fingerprint density at radius 2 is 2.04 bits per heavy atom. The molecule has 1 aliphatic heterocycles. The van der Waals surface area contributed by atoms with Crippen molar-refractivity contribution in [2.45, 2.75) is 19.9 Å². The maximum Gasteiger partial charge on any atom is 0.308 e. The van der Waals surface area contributed by atoms with E-state index in [1.807, 2.05) is 0 Å². The molecule has 1 atom stereocenters. The fourth-order valence-corrected chi connectivity index (χ4v) is 3.28. The van der Waals surface area contributed by atoms with Crippen molar-refractivity contribution in [2.75, 3.05) is 13.1 Å². The summed E-state index contributed by atoms with van der Waals surface area (Å²) in [6.45, 7) is 2.55. The Morgan fingerprint density at radius 3 is 2.64 bits per heavy atom. The van der Waals surface area contributed by atoms with Crippen LogP contribution in [-0.4, -0.2) is 44.8 Å². The highest BCUT2D eigenvalue weighted by Gasteiger charge is 2.33. The van der Waals surface area contributed by atoms with Gasteiger partial charge in [-0.15, -0.1) is 0 Å². The van der Waals surface area contributed by atoms with E-state index in [2.05, 4.69) is 5.10 Å². The van der Waals surface area contributed by atoms with Gasteiger partial charge in [-0.25, -0.2) is 9.07 Å². The van der Waals surface area contributed by atoms with Crippen molar-refractivity contribution >= 4 is 23.5 Å². The maximum atomic E-state index is 13.0. The third-order valence-corrected chi connectivity index (χ3v) is 4.73. The lowest BCUT2D eigenvalue weighted by Crippen LogP contribution is -2.30. The zero-order valence-electron chi connectivity index (χ0n) is 13.6. The Labute approximate surface area is 148 Å². The average molecular weight is 366 g/mol. The molecular weight excluding hydrogens is 349 g/mol. The summed E-state index contributed by atoms with van der Waals surface area (Å²) in [5.74, 6) is -2.08. The van der Waals surface area contributed by atoms with Gasteiger partial charge in [0.25, 0.3) is 5.91 Å². The number of aliphatic carboxylic acids is 1. The molecule has 2 heterocycles. The standard InChI is InChI=1S/C17H17ClFN3O3/c1-10-14(16(23)21-7-6-12(9-21)17(24)25)15(18)22(20-10)8-11-2-4-13(19)5-3-11/h2-5,12H,6-9H2,1H3,(H,24,25)/t12-/m1/s1. The highest BCUT2D eigenvalue weighted by Crippen LogP contribution is 2.26. The van der Waals surface area contributed by atoms with Gasteiger partial charge in [0.2, 0.25) is 0 Å². The number of amides is 1. The van der Waals surface area contributed by atoms with Crippen LogP contribution in [0.2, 0.25) is 5.15 Å². The number of rotatable bonds is 4. The van der Waals surface area contributed by atoms with E-state index in [1.54, 1.807) is 19.1 Å². The number of aromatic nitrogens is 2. The molecule has 0 radical (unpaired) electrons. The molecule has 25 heavy (non-hydrogen) atoms. The molecule has 6 nitrogen and oxygen atoms in total. The summed E-state index contributed by atoms with van der Waals surface area (Å²) < 4.78 is 14.5. The van der Waals surface area contributed by atoms with Crippen LogP contribution in [0.1, 0.15) is 28.0 Å². The van der Waals surface area contributed by atoms with Crippen molar-refractivity contribution in [1.82, 2.24) is 14.7 Å². The molecule has 0 bridgehead atoms. The third-order valence-electron chi connectivity index (χ3n) is 4.35. The molecule has 0 spiro atoms. The fourth-order valence-electron chi connectivity index (χ4n) is 2.97. The number of benzene rings is 1. The molecule has 0 saturated carbocycles. The molecule has 1 aromatic carbocycles. The summed E-state index contributed by atoms with van der Waals surface area (Å²) in [6, 6.07) is 5.95. The first kappa shape index (κ1) is 17.4. The summed E-state index contributed by atoms with van der Waals surface area (Å²) in [5.41, 5.74) is 1.57. The minimum Gasteiger partial charge on any atom is -0.481 e. The Bertz CT molecular complexity index is 819. The number of carboxylic acid groups (broad SMARTS) is 1. The van der Waals surface area contributed by atoms with Crippen LogP contribution in [0.25, 0.3) is 0 Å². The average Bonchev–Trinajstić information content (AvgIpc) is 3.15. The minimum absolute atomic E-state index is 0.174. The molecule has 1 amide bonds. The number of carbonyl (C=O) groups is 2. The van der Waals surface area contributed by atoms with Gasteiger partial charge >= 0.3 is 5.97 Å². The highest BCUT2D eigenvalue weighted by molar-refractivity contribution is 6.33. The summed E-state index contributed by atoms with van der Waals surface area (Å²) in [7, 11) is 0. The Morgan fingerprint density at radius 1 is 1.36 bits per heavy atom. The van der Waals surface area contributed by atoms with Crippen LogP contribution >= 0.6 is 11.6 Å². The molecule has 0 aliphatic carbocycles. The van der Waals surface area contributed by atoms with Crippen LogP contribution in [-0.2, 0) is 11.3 Å². The van der Waals surface area contributed by atoms with Crippen LogP contribution in [0.5, 0.6) is 0 Å². The number of aryl methyl sites for hydroxylation is 1. The van der Waals surface area contributed by atoms with Crippen LogP contribution in [0.15, 0.2) is 24.3 Å². The van der Waals surface area contributed by atoms with Crippen molar-refractivity contribution in [3.8, 4) is 0 Å². The SMILES string of the molecule is Cc1nn(Cc2ccc(F)cc2)c(Cl)c1C(=O)N1CC[C@@H](C(=O)O)C1. The Balaban J connectivity index is 1.81. The van der Waals surface area contributed by atoms with E-state index < -0.39 is 11.9 Å². The number of carbonyl (C=O) groups excluding carboxylic acids is 1. The molecule has 1 aliphatic rings. The van der Waals surface area contributed by atoms with E-state index >= 15 is 0 Å². The molecule has 1 N–H and O–H groups in total. The zero-order valence-corrected chi connectivity index (χ0v) is 14.3. The quantitative estimate of drug-likeness (QED) is 0.903. The highest BCUT2D eigenvalue weighted by atomic mass is 35.5. The van der Waals surface area contributed by atoms with Crippen LogP contribution in [0.4, 0.5) is 4.39 Å². The topological polar surface area (TPSA) is 75.4 Å². The second-order valence-electron chi connectivity index (χ2n) is 6.11.